The van der Waals surface area contributed by atoms with Gasteiger partial charge in [0.2, 0.25) is 0 Å². The van der Waals surface area contributed by atoms with E-state index >= 15 is 0 Å². The first-order chi connectivity index (χ1) is 17.0. The van der Waals surface area contributed by atoms with Crippen molar-refractivity contribution in [3.05, 3.63) is 113 Å². The Morgan fingerprint density at radius 2 is 1.80 bits per heavy atom. The van der Waals surface area contributed by atoms with Crippen LogP contribution < -0.4 is 15.5 Å². The third-order valence-corrected chi connectivity index (χ3v) is 5.15. The largest absolute Gasteiger partial charge is 0.482 e. The van der Waals surface area contributed by atoms with Crippen molar-refractivity contribution in [2.24, 2.45) is 5.10 Å². The lowest BCUT2D eigenvalue weighted by Crippen LogP contribution is -2.20. The lowest BCUT2D eigenvalue weighted by molar-refractivity contribution is -0.118. The van der Waals surface area contributed by atoms with E-state index in [1.165, 1.54) is 24.4 Å². The molecule has 9 heteroatoms. The molecule has 0 saturated carbocycles. The molecule has 0 fully saturated rings. The van der Waals surface area contributed by atoms with Crippen molar-refractivity contribution in [1.82, 2.24) is 9.99 Å². The molecule has 0 unspecified atom stereocenters. The number of hydrogen-bond acceptors (Lipinski definition) is 4. The Balaban J connectivity index is 1.31. The van der Waals surface area contributed by atoms with Crippen LogP contribution in [0.3, 0.4) is 0 Å². The van der Waals surface area contributed by atoms with Gasteiger partial charge in [-0.25, -0.2) is 9.82 Å². The summed E-state index contributed by atoms with van der Waals surface area (Å²) in [5, 5.41) is 6.66. The van der Waals surface area contributed by atoms with E-state index in [9.17, 15) is 14.0 Å². The van der Waals surface area contributed by atoms with Crippen molar-refractivity contribution in [2.75, 3.05) is 11.9 Å². The molecule has 4 rings (SSSR count). The van der Waals surface area contributed by atoms with Crippen LogP contribution in [0.5, 0.6) is 5.75 Å². The number of para-hydroxylation sites is 1. The zero-order valence-corrected chi connectivity index (χ0v) is 19.1. The minimum absolute atomic E-state index is 0.0669. The van der Waals surface area contributed by atoms with Crippen LogP contribution in [0.2, 0.25) is 5.02 Å². The lowest BCUT2D eigenvalue weighted by Gasteiger charge is -2.09. The van der Waals surface area contributed by atoms with Crippen molar-refractivity contribution in [1.29, 1.82) is 0 Å². The first-order valence-electron chi connectivity index (χ1n) is 10.5. The van der Waals surface area contributed by atoms with Crippen LogP contribution in [0.4, 0.5) is 10.1 Å². The predicted octanol–water partition coefficient (Wildman–Crippen LogP) is 5.05. The molecular formula is C26H20ClFN4O3. The molecule has 0 spiro atoms. The molecule has 3 aromatic carbocycles. The molecule has 0 aliphatic rings. The maximum absolute atomic E-state index is 13.6. The van der Waals surface area contributed by atoms with Crippen LogP contribution in [0.15, 0.2) is 96.4 Å². The van der Waals surface area contributed by atoms with E-state index in [1.807, 2.05) is 35.2 Å². The highest BCUT2D eigenvalue weighted by atomic mass is 35.5. The van der Waals surface area contributed by atoms with E-state index in [4.69, 9.17) is 16.3 Å². The molecule has 0 radical (unpaired) electrons. The number of halogens is 2. The number of carbonyl (C=O) groups excluding carboxylic acids is 2. The van der Waals surface area contributed by atoms with Crippen molar-refractivity contribution < 1.29 is 18.7 Å². The molecule has 176 valence electrons. The average molecular weight is 491 g/mol. The SMILES string of the molecule is O=C(COc1ccc(/C=N/NC(=O)c2cccc(-n3cccc3)c2)cc1Cl)Nc1ccccc1F. The third-order valence-electron chi connectivity index (χ3n) is 4.85. The molecule has 1 heterocycles. The van der Waals surface area contributed by atoms with Gasteiger partial charge in [0.15, 0.2) is 6.61 Å². The highest BCUT2D eigenvalue weighted by Gasteiger charge is 2.10. The zero-order chi connectivity index (χ0) is 24.6. The van der Waals surface area contributed by atoms with Gasteiger partial charge in [-0.05, 0) is 66.2 Å². The summed E-state index contributed by atoms with van der Waals surface area (Å²) in [4.78, 5) is 24.5. The van der Waals surface area contributed by atoms with E-state index in [1.54, 1.807) is 42.5 Å². The number of hydrogen-bond donors (Lipinski definition) is 2. The summed E-state index contributed by atoms with van der Waals surface area (Å²) in [5.41, 5.74) is 4.48. The van der Waals surface area contributed by atoms with Crippen LogP contribution in [-0.2, 0) is 4.79 Å². The van der Waals surface area contributed by atoms with Crippen molar-refractivity contribution in [2.45, 2.75) is 0 Å². The van der Waals surface area contributed by atoms with Crippen LogP contribution >= 0.6 is 11.6 Å². The second-order valence-electron chi connectivity index (χ2n) is 7.35. The molecule has 0 saturated heterocycles. The quantitative estimate of drug-likeness (QED) is 0.268. The van der Waals surface area contributed by atoms with Crippen molar-refractivity contribution in [3.63, 3.8) is 0 Å². The summed E-state index contributed by atoms with van der Waals surface area (Å²) in [6.07, 6.45) is 5.22. The first kappa shape index (κ1) is 23.7. The summed E-state index contributed by atoms with van der Waals surface area (Å²) >= 11 is 6.23. The number of nitrogens with zero attached hydrogens (tertiary/aromatic N) is 2. The standard InChI is InChI=1S/C26H20ClFN4O3/c27-21-14-18(10-11-24(21)35-17-25(33)30-23-9-2-1-8-22(23)28)16-29-31-26(34)19-6-5-7-20(15-19)32-12-3-4-13-32/h1-16H,17H2,(H,30,33)(H,31,34)/b29-16+. The number of anilines is 1. The summed E-state index contributed by atoms with van der Waals surface area (Å²) in [7, 11) is 0. The second-order valence-corrected chi connectivity index (χ2v) is 7.75. The van der Waals surface area contributed by atoms with Gasteiger partial charge in [-0.1, -0.05) is 29.8 Å². The lowest BCUT2D eigenvalue weighted by atomic mass is 10.2. The molecule has 0 bridgehead atoms. The van der Waals surface area contributed by atoms with Gasteiger partial charge in [0.1, 0.15) is 11.6 Å². The molecular weight excluding hydrogens is 471 g/mol. The molecule has 0 aliphatic heterocycles. The molecule has 7 nitrogen and oxygen atoms in total. The number of ether oxygens (including phenoxy) is 1. The fraction of sp³-hybridized carbons (Fsp3) is 0.0385. The monoisotopic (exact) mass is 490 g/mol. The predicted molar refractivity (Wildman–Crippen MR) is 133 cm³/mol. The van der Waals surface area contributed by atoms with Crippen molar-refractivity contribution in [3.8, 4) is 11.4 Å². The van der Waals surface area contributed by atoms with E-state index < -0.39 is 11.7 Å². The van der Waals surface area contributed by atoms with Crippen LogP contribution in [-0.4, -0.2) is 29.2 Å². The van der Waals surface area contributed by atoms with Gasteiger partial charge < -0.3 is 14.6 Å². The van der Waals surface area contributed by atoms with E-state index in [0.717, 1.165) is 5.69 Å². The van der Waals surface area contributed by atoms with Gasteiger partial charge in [-0.2, -0.15) is 5.10 Å². The molecule has 0 aliphatic carbocycles. The van der Waals surface area contributed by atoms with Gasteiger partial charge in [0.05, 0.1) is 16.9 Å². The maximum atomic E-state index is 13.6. The summed E-state index contributed by atoms with van der Waals surface area (Å²) < 4.78 is 21.0. The van der Waals surface area contributed by atoms with Crippen LogP contribution in [0.25, 0.3) is 5.69 Å². The fourth-order valence-electron chi connectivity index (χ4n) is 3.15. The normalized spacial score (nSPS) is 10.8. The first-order valence-corrected chi connectivity index (χ1v) is 10.9. The highest BCUT2D eigenvalue weighted by molar-refractivity contribution is 6.32. The van der Waals surface area contributed by atoms with Gasteiger partial charge in [-0.3, -0.25) is 9.59 Å². The summed E-state index contributed by atoms with van der Waals surface area (Å²) in [6, 6.07) is 21.6. The van der Waals surface area contributed by atoms with E-state index in [0.29, 0.717) is 11.1 Å². The minimum Gasteiger partial charge on any atom is -0.482 e. The molecule has 2 N–H and O–H groups in total. The second kappa shape index (κ2) is 11.1. The molecule has 35 heavy (non-hydrogen) atoms. The van der Waals surface area contributed by atoms with Gasteiger partial charge in [-0.15, -0.1) is 0 Å². The van der Waals surface area contributed by atoms with Crippen molar-refractivity contribution >= 4 is 35.3 Å². The third kappa shape index (κ3) is 6.33. The van der Waals surface area contributed by atoms with E-state index in [-0.39, 0.29) is 29.0 Å². The number of hydrazone groups is 1. The zero-order valence-electron chi connectivity index (χ0n) is 18.3. The average Bonchev–Trinajstić information content (AvgIpc) is 3.40. The minimum atomic E-state index is -0.539. The molecule has 4 aromatic rings. The number of benzene rings is 3. The number of rotatable bonds is 8. The Hall–Kier alpha value is -4.43. The van der Waals surface area contributed by atoms with Gasteiger partial charge >= 0.3 is 0 Å². The smallest absolute Gasteiger partial charge is 0.271 e. The number of nitrogens with one attached hydrogen (secondary N) is 2. The highest BCUT2D eigenvalue weighted by Crippen LogP contribution is 2.25. The fourth-order valence-corrected chi connectivity index (χ4v) is 3.39. The Bertz CT molecular complexity index is 1370. The summed E-state index contributed by atoms with van der Waals surface area (Å²) in [6.45, 7) is -0.348. The number of carbonyl (C=O) groups is 2. The Kier molecular flexibility index (Phi) is 7.54. The van der Waals surface area contributed by atoms with Crippen LogP contribution in [0.1, 0.15) is 15.9 Å². The maximum Gasteiger partial charge on any atom is 0.271 e. The van der Waals surface area contributed by atoms with Gasteiger partial charge in [0.25, 0.3) is 11.8 Å². The molecule has 2 amide bonds. The molecule has 0 atom stereocenters. The Labute approximate surface area is 205 Å². The number of aromatic nitrogens is 1. The van der Waals surface area contributed by atoms with Crippen LogP contribution in [0, 0.1) is 5.82 Å². The topological polar surface area (TPSA) is 84.7 Å². The molecule has 1 aromatic heterocycles. The number of amides is 2. The Morgan fingerprint density at radius 1 is 1.00 bits per heavy atom. The summed E-state index contributed by atoms with van der Waals surface area (Å²) in [5.74, 6) is -1.15. The van der Waals surface area contributed by atoms with E-state index in [2.05, 4.69) is 15.8 Å². The van der Waals surface area contributed by atoms with Gasteiger partial charge in [0, 0.05) is 23.6 Å². The Morgan fingerprint density at radius 3 is 2.57 bits per heavy atom.